The van der Waals surface area contributed by atoms with E-state index in [0.717, 1.165) is 0 Å². The molecule has 2 amide bonds. The van der Waals surface area contributed by atoms with Gasteiger partial charge < -0.3 is 20.3 Å². The molecule has 10 heteroatoms. The number of thiazole rings is 1. The molecule has 9 nitrogen and oxygen atoms in total. The first-order valence-electron chi connectivity index (χ1n) is 6.04. The maximum atomic E-state index is 11.7. The summed E-state index contributed by atoms with van der Waals surface area (Å²) in [6.45, 7) is 2.08. The van der Waals surface area contributed by atoms with Gasteiger partial charge >= 0.3 is 12.0 Å². The third-order valence-corrected chi connectivity index (χ3v) is 3.53. The largest absolute Gasteiger partial charge is 0.476 e. The number of rotatable bonds is 6. The molecule has 112 valence electrons. The minimum absolute atomic E-state index is 0.0267. The summed E-state index contributed by atoms with van der Waals surface area (Å²) >= 11 is 1.18. The zero-order valence-electron chi connectivity index (χ0n) is 11.1. The molecule has 2 heterocycles. The van der Waals surface area contributed by atoms with Gasteiger partial charge in [-0.3, -0.25) is 0 Å². The molecule has 21 heavy (non-hydrogen) atoms. The lowest BCUT2D eigenvalue weighted by Crippen LogP contribution is -2.38. The van der Waals surface area contributed by atoms with E-state index in [4.69, 9.17) is 5.11 Å². The van der Waals surface area contributed by atoms with Crippen LogP contribution in [0.4, 0.5) is 4.79 Å². The third kappa shape index (κ3) is 4.24. The van der Waals surface area contributed by atoms with E-state index in [1.54, 1.807) is 6.92 Å². The predicted molar refractivity (Wildman–Crippen MR) is 72.0 cm³/mol. The van der Waals surface area contributed by atoms with Gasteiger partial charge in [0.15, 0.2) is 11.5 Å². The summed E-state index contributed by atoms with van der Waals surface area (Å²) in [4.78, 5) is 30.2. The van der Waals surface area contributed by atoms with E-state index < -0.39 is 5.97 Å². The number of carbonyl (C=O) groups is 2. The van der Waals surface area contributed by atoms with Crippen LogP contribution < -0.4 is 10.6 Å². The van der Waals surface area contributed by atoms with Gasteiger partial charge in [0.05, 0.1) is 6.04 Å². The van der Waals surface area contributed by atoms with Crippen molar-refractivity contribution in [3.8, 4) is 0 Å². The molecule has 2 aromatic heterocycles. The molecule has 0 aliphatic carbocycles. The number of carboxylic acids is 1. The average molecular weight is 311 g/mol. The summed E-state index contributed by atoms with van der Waals surface area (Å²) in [6, 6.07) is -0.758. The Labute approximate surface area is 123 Å². The van der Waals surface area contributed by atoms with E-state index in [1.807, 2.05) is 0 Å². The lowest BCUT2D eigenvalue weighted by molar-refractivity contribution is 0.0691. The normalized spacial score (nSPS) is 11.9. The fraction of sp³-hybridized carbons (Fsp3) is 0.364. The van der Waals surface area contributed by atoms with Gasteiger partial charge in [0.25, 0.3) is 0 Å². The monoisotopic (exact) mass is 311 g/mol. The number of hydrogen-bond acceptors (Lipinski definition) is 7. The molecule has 0 bridgehead atoms. The Bertz CT molecular complexity index is 612. The van der Waals surface area contributed by atoms with Gasteiger partial charge in [0.2, 0.25) is 6.39 Å². The molecule has 2 rings (SSSR count). The number of aromatic nitrogens is 3. The minimum atomic E-state index is -1.09. The molecular weight excluding hydrogens is 298 g/mol. The number of hydrogen-bond donors (Lipinski definition) is 3. The lowest BCUT2D eigenvalue weighted by atomic mass is 10.3. The summed E-state index contributed by atoms with van der Waals surface area (Å²) in [7, 11) is 0. The number of nitrogens with one attached hydrogen (secondary N) is 2. The van der Waals surface area contributed by atoms with Crippen molar-refractivity contribution in [2.24, 2.45) is 0 Å². The molecule has 0 aromatic carbocycles. The summed E-state index contributed by atoms with van der Waals surface area (Å²) < 4.78 is 4.57. The molecule has 0 aliphatic rings. The zero-order valence-corrected chi connectivity index (χ0v) is 11.9. The third-order valence-electron chi connectivity index (χ3n) is 2.50. The molecule has 2 aromatic rings. The van der Waals surface area contributed by atoms with E-state index in [0.29, 0.717) is 23.8 Å². The Kier molecular flexibility index (Phi) is 4.82. The SMILES string of the molecule is CC(NC(=O)NCCc1ncon1)c1nc(C(=O)O)cs1. The maximum absolute atomic E-state index is 11.7. The molecule has 0 fully saturated rings. The van der Waals surface area contributed by atoms with Crippen molar-refractivity contribution in [3.63, 3.8) is 0 Å². The highest BCUT2D eigenvalue weighted by atomic mass is 32.1. The van der Waals surface area contributed by atoms with Crippen LogP contribution in [0.2, 0.25) is 0 Å². The van der Waals surface area contributed by atoms with Crippen molar-refractivity contribution in [2.45, 2.75) is 19.4 Å². The second-order valence-corrected chi connectivity index (χ2v) is 4.99. The van der Waals surface area contributed by atoms with Crippen LogP contribution in [-0.2, 0) is 6.42 Å². The Balaban J connectivity index is 1.77. The lowest BCUT2D eigenvalue weighted by Gasteiger charge is -2.11. The first-order chi connectivity index (χ1) is 10.1. The van der Waals surface area contributed by atoms with Crippen molar-refractivity contribution < 1.29 is 19.2 Å². The van der Waals surface area contributed by atoms with Gasteiger partial charge in [-0.25, -0.2) is 14.6 Å². The van der Waals surface area contributed by atoms with Crippen LogP contribution in [0, 0.1) is 0 Å². The highest BCUT2D eigenvalue weighted by Crippen LogP contribution is 2.17. The van der Waals surface area contributed by atoms with Crippen molar-refractivity contribution in [1.29, 1.82) is 0 Å². The molecule has 0 saturated heterocycles. The van der Waals surface area contributed by atoms with Crippen molar-refractivity contribution in [3.05, 3.63) is 28.3 Å². The first-order valence-corrected chi connectivity index (χ1v) is 6.92. The van der Waals surface area contributed by atoms with Crippen LogP contribution in [0.5, 0.6) is 0 Å². The number of carbonyl (C=O) groups excluding carboxylic acids is 1. The van der Waals surface area contributed by atoms with E-state index >= 15 is 0 Å². The Morgan fingerprint density at radius 3 is 2.95 bits per heavy atom. The van der Waals surface area contributed by atoms with Gasteiger partial charge in [0, 0.05) is 18.3 Å². The van der Waals surface area contributed by atoms with Crippen LogP contribution in [0.25, 0.3) is 0 Å². The fourth-order valence-electron chi connectivity index (χ4n) is 1.48. The molecule has 1 atom stereocenters. The zero-order chi connectivity index (χ0) is 15.2. The summed E-state index contributed by atoms with van der Waals surface area (Å²) in [5.74, 6) is -0.580. The summed E-state index contributed by atoms with van der Waals surface area (Å²) in [5.41, 5.74) is -0.0267. The van der Waals surface area contributed by atoms with Gasteiger partial charge in [-0.2, -0.15) is 4.98 Å². The Hall–Kier alpha value is -2.49. The van der Waals surface area contributed by atoms with Crippen molar-refractivity contribution >= 4 is 23.3 Å². The summed E-state index contributed by atoms with van der Waals surface area (Å²) in [5, 5.41) is 19.7. The fourth-order valence-corrected chi connectivity index (χ4v) is 2.28. The second-order valence-electron chi connectivity index (χ2n) is 4.10. The second kappa shape index (κ2) is 6.79. The van der Waals surface area contributed by atoms with Crippen LogP contribution in [-0.4, -0.2) is 38.8 Å². The van der Waals surface area contributed by atoms with E-state index in [2.05, 4.69) is 30.3 Å². The standard InChI is InChI=1S/C11H13N5O4S/c1-6(9-15-7(4-21-9)10(17)18)14-11(19)12-3-2-8-13-5-20-16-8/h4-6H,2-3H2,1H3,(H,17,18)(H2,12,14,19). The molecule has 3 N–H and O–H groups in total. The highest BCUT2D eigenvalue weighted by Gasteiger charge is 2.15. The van der Waals surface area contributed by atoms with Gasteiger partial charge in [-0.1, -0.05) is 5.16 Å². The van der Waals surface area contributed by atoms with Crippen molar-refractivity contribution in [1.82, 2.24) is 25.8 Å². The van der Waals surface area contributed by atoms with Crippen molar-refractivity contribution in [2.75, 3.05) is 6.54 Å². The number of nitrogens with zero attached hydrogens (tertiary/aromatic N) is 3. The topological polar surface area (TPSA) is 130 Å². The number of urea groups is 1. The van der Waals surface area contributed by atoms with Crippen LogP contribution >= 0.6 is 11.3 Å². The maximum Gasteiger partial charge on any atom is 0.355 e. The summed E-state index contributed by atoms with van der Waals surface area (Å²) in [6.07, 6.45) is 1.68. The number of amides is 2. The highest BCUT2D eigenvalue weighted by molar-refractivity contribution is 7.09. The smallest absolute Gasteiger partial charge is 0.355 e. The molecule has 0 spiro atoms. The number of carboxylic acid groups (broad SMARTS) is 1. The average Bonchev–Trinajstić information content (AvgIpc) is 3.09. The Morgan fingerprint density at radius 2 is 2.33 bits per heavy atom. The number of aromatic carboxylic acids is 1. The van der Waals surface area contributed by atoms with Crippen LogP contribution in [0.3, 0.4) is 0 Å². The molecule has 0 aliphatic heterocycles. The molecule has 0 radical (unpaired) electrons. The molecule has 0 saturated carbocycles. The minimum Gasteiger partial charge on any atom is -0.476 e. The molecule has 1 unspecified atom stereocenters. The first kappa shape index (κ1) is 14.9. The van der Waals surface area contributed by atoms with Gasteiger partial charge in [-0.05, 0) is 6.92 Å². The van der Waals surface area contributed by atoms with E-state index in [1.165, 1.54) is 23.1 Å². The predicted octanol–water partition coefficient (Wildman–Crippen LogP) is 0.827. The van der Waals surface area contributed by atoms with Crippen LogP contribution in [0.1, 0.15) is 34.3 Å². The quantitative estimate of drug-likeness (QED) is 0.720. The van der Waals surface area contributed by atoms with Crippen LogP contribution in [0.15, 0.2) is 16.3 Å². The van der Waals surface area contributed by atoms with Gasteiger partial charge in [-0.15, -0.1) is 11.3 Å². The van der Waals surface area contributed by atoms with E-state index in [-0.39, 0.29) is 17.8 Å². The van der Waals surface area contributed by atoms with Gasteiger partial charge in [0.1, 0.15) is 5.01 Å². The Morgan fingerprint density at radius 1 is 1.52 bits per heavy atom. The molecular formula is C11H13N5O4S. The van der Waals surface area contributed by atoms with E-state index in [9.17, 15) is 9.59 Å².